The number of ether oxygens (including phenoxy) is 1. The lowest BCUT2D eigenvalue weighted by molar-refractivity contribution is 0.0693. The van der Waals surface area contributed by atoms with Gasteiger partial charge in [-0.05, 0) is 6.07 Å². The number of aliphatic hydroxyl groups excluding tert-OH is 1. The SMILES string of the molecule is NC1CC(O)c2ccccc2O1. The third-order valence-corrected chi connectivity index (χ3v) is 2.01. The summed E-state index contributed by atoms with van der Waals surface area (Å²) in [5.41, 5.74) is 6.39. The average molecular weight is 165 g/mol. The molecule has 3 nitrogen and oxygen atoms in total. The minimum Gasteiger partial charge on any atom is -0.475 e. The van der Waals surface area contributed by atoms with Gasteiger partial charge in [-0.15, -0.1) is 0 Å². The van der Waals surface area contributed by atoms with Crippen LogP contribution in [-0.2, 0) is 0 Å². The summed E-state index contributed by atoms with van der Waals surface area (Å²) in [6, 6.07) is 7.41. The number of fused-ring (bicyclic) bond motifs is 1. The second-order valence-electron chi connectivity index (χ2n) is 2.95. The van der Waals surface area contributed by atoms with E-state index in [4.69, 9.17) is 10.5 Å². The molecule has 0 bridgehead atoms. The van der Waals surface area contributed by atoms with E-state index in [1.54, 1.807) is 0 Å². The first-order valence-corrected chi connectivity index (χ1v) is 3.96. The fourth-order valence-electron chi connectivity index (χ4n) is 1.42. The first kappa shape index (κ1) is 7.58. The van der Waals surface area contributed by atoms with Gasteiger partial charge in [-0.3, -0.25) is 5.73 Å². The second-order valence-corrected chi connectivity index (χ2v) is 2.95. The molecule has 2 atom stereocenters. The van der Waals surface area contributed by atoms with Crippen LogP contribution in [0.4, 0.5) is 0 Å². The molecule has 2 unspecified atom stereocenters. The highest BCUT2D eigenvalue weighted by atomic mass is 16.5. The molecular formula is C9H11NO2. The molecule has 1 aliphatic heterocycles. The standard InChI is InChI=1S/C9H11NO2/c10-9-5-7(11)6-3-1-2-4-8(6)12-9/h1-4,7,9,11H,5,10H2. The Labute approximate surface area is 70.8 Å². The molecule has 64 valence electrons. The van der Waals surface area contributed by atoms with Crippen LogP contribution in [0.15, 0.2) is 24.3 Å². The smallest absolute Gasteiger partial charge is 0.150 e. The summed E-state index contributed by atoms with van der Waals surface area (Å²) < 4.78 is 5.32. The molecule has 2 rings (SSSR count). The maximum Gasteiger partial charge on any atom is 0.150 e. The van der Waals surface area contributed by atoms with Crippen molar-refractivity contribution in [3.63, 3.8) is 0 Å². The molecule has 0 saturated heterocycles. The Bertz CT molecular complexity index is 288. The fourth-order valence-corrected chi connectivity index (χ4v) is 1.42. The van der Waals surface area contributed by atoms with E-state index in [2.05, 4.69) is 0 Å². The van der Waals surface area contributed by atoms with Crippen molar-refractivity contribution in [3.05, 3.63) is 29.8 Å². The summed E-state index contributed by atoms with van der Waals surface area (Å²) in [6.07, 6.45) is -0.392. The summed E-state index contributed by atoms with van der Waals surface area (Å²) in [5, 5.41) is 9.57. The van der Waals surface area contributed by atoms with Crippen molar-refractivity contribution in [2.45, 2.75) is 18.8 Å². The molecule has 0 aliphatic carbocycles. The third-order valence-electron chi connectivity index (χ3n) is 2.01. The number of rotatable bonds is 0. The third kappa shape index (κ3) is 1.17. The lowest BCUT2D eigenvalue weighted by Crippen LogP contribution is -2.33. The largest absolute Gasteiger partial charge is 0.475 e. The van der Waals surface area contributed by atoms with Gasteiger partial charge in [-0.2, -0.15) is 0 Å². The highest BCUT2D eigenvalue weighted by Gasteiger charge is 2.23. The van der Waals surface area contributed by atoms with Gasteiger partial charge in [0, 0.05) is 12.0 Å². The molecule has 1 aromatic carbocycles. The summed E-state index contributed by atoms with van der Waals surface area (Å²) in [5.74, 6) is 0.698. The van der Waals surface area contributed by atoms with Gasteiger partial charge in [-0.1, -0.05) is 18.2 Å². The molecule has 3 heteroatoms. The van der Waals surface area contributed by atoms with Gasteiger partial charge in [0.15, 0.2) is 6.23 Å². The van der Waals surface area contributed by atoms with Crippen LogP contribution in [-0.4, -0.2) is 11.3 Å². The average Bonchev–Trinajstić information content (AvgIpc) is 2.04. The first-order chi connectivity index (χ1) is 5.77. The van der Waals surface area contributed by atoms with E-state index >= 15 is 0 Å². The normalized spacial score (nSPS) is 27.5. The summed E-state index contributed by atoms with van der Waals surface area (Å²) in [4.78, 5) is 0. The van der Waals surface area contributed by atoms with Gasteiger partial charge in [0.2, 0.25) is 0 Å². The second kappa shape index (κ2) is 2.77. The van der Waals surface area contributed by atoms with Crippen LogP contribution in [0.5, 0.6) is 5.75 Å². The van der Waals surface area contributed by atoms with Crippen molar-refractivity contribution < 1.29 is 9.84 Å². The van der Waals surface area contributed by atoms with E-state index in [1.807, 2.05) is 24.3 Å². The highest BCUT2D eigenvalue weighted by molar-refractivity contribution is 5.36. The zero-order valence-corrected chi connectivity index (χ0v) is 6.60. The summed E-state index contributed by atoms with van der Waals surface area (Å²) in [7, 11) is 0. The Morgan fingerprint density at radius 1 is 1.42 bits per heavy atom. The van der Waals surface area contributed by atoms with Crippen LogP contribution >= 0.6 is 0 Å². The van der Waals surface area contributed by atoms with Crippen molar-refractivity contribution in [2.75, 3.05) is 0 Å². The van der Waals surface area contributed by atoms with Crippen LogP contribution in [0.25, 0.3) is 0 Å². The van der Waals surface area contributed by atoms with Crippen LogP contribution in [0, 0.1) is 0 Å². The molecule has 0 fully saturated rings. The Morgan fingerprint density at radius 2 is 2.17 bits per heavy atom. The summed E-state index contributed by atoms with van der Waals surface area (Å²) in [6.45, 7) is 0. The molecule has 0 saturated carbocycles. The van der Waals surface area contributed by atoms with Gasteiger partial charge in [0.25, 0.3) is 0 Å². The van der Waals surface area contributed by atoms with E-state index in [1.165, 1.54) is 0 Å². The highest BCUT2D eigenvalue weighted by Crippen LogP contribution is 2.32. The van der Waals surface area contributed by atoms with Gasteiger partial charge in [0.1, 0.15) is 5.75 Å². The van der Waals surface area contributed by atoms with E-state index in [0.717, 1.165) is 5.56 Å². The predicted octanol–water partition coefficient (Wildman–Crippen LogP) is 0.787. The van der Waals surface area contributed by atoms with Crippen LogP contribution < -0.4 is 10.5 Å². The maximum absolute atomic E-state index is 9.57. The zero-order chi connectivity index (χ0) is 8.55. The molecular weight excluding hydrogens is 154 g/mol. The maximum atomic E-state index is 9.57. The number of hydrogen-bond donors (Lipinski definition) is 2. The van der Waals surface area contributed by atoms with Crippen molar-refractivity contribution >= 4 is 0 Å². The lowest BCUT2D eigenvalue weighted by Gasteiger charge is -2.26. The van der Waals surface area contributed by atoms with Crippen LogP contribution in [0.1, 0.15) is 18.1 Å². The fraction of sp³-hybridized carbons (Fsp3) is 0.333. The van der Waals surface area contributed by atoms with E-state index in [-0.39, 0.29) is 6.23 Å². The predicted molar refractivity (Wildman–Crippen MR) is 44.6 cm³/mol. The first-order valence-electron chi connectivity index (χ1n) is 3.96. The number of para-hydroxylation sites is 1. The topological polar surface area (TPSA) is 55.5 Å². The Hall–Kier alpha value is -1.06. The monoisotopic (exact) mass is 165 g/mol. The van der Waals surface area contributed by atoms with Crippen LogP contribution in [0.2, 0.25) is 0 Å². The Balaban J connectivity index is 2.40. The van der Waals surface area contributed by atoms with Gasteiger partial charge >= 0.3 is 0 Å². The molecule has 12 heavy (non-hydrogen) atoms. The summed E-state index contributed by atoms with van der Waals surface area (Å²) >= 11 is 0. The number of nitrogens with two attached hydrogens (primary N) is 1. The quantitative estimate of drug-likeness (QED) is 0.597. The molecule has 3 N–H and O–H groups in total. The van der Waals surface area contributed by atoms with Crippen molar-refractivity contribution in [2.24, 2.45) is 5.73 Å². The van der Waals surface area contributed by atoms with Gasteiger partial charge in [-0.25, -0.2) is 0 Å². The number of benzene rings is 1. The minimum atomic E-state index is -0.482. The van der Waals surface area contributed by atoms with Gasteiger partial charge < -0.3 is 9.84 Å². The molecule has 1 aromatic rings. The van der Waals surface area contributed by atoms with Crippen molar-refractivity contribution in [3.8, 4) is 5.75 Å². The van der Waals surface area contributed by atoms with Gasteiger partial charge in [0.05, 0.1) is 6.10 Å². The molecule has 0 radical (unpaired) electrons. The molecule has 0 spiro atoms. The minimum absolute atomic E-state index is 0.380. The van der Waals surface area contributed by atoms with Crippen molar-refractivity contribution in [1.29, 1.82) is 0 Å². The number of hydrogen-bond acceptors (Lipinski definition) is 3. The van der Waals surface area contributed by atoms with Crippen molar-refractivity contribution in [1.82, 2.24) is 0 Å². The molecule has 0 amide bonds. The number of aliphatic hydroxyl groups is 1. The van der Waals surface area contributed by atoms with E-state index < -0.39 is 6.10 Å². The zero-order valence-electron chi connectivity index (χ0n) is 6.60. The Kier molecular flexibility index (Phi) is 1.75. The van der Waals surface area contributed by atoms with E-state index in [0.29, 0.717) is 12.2 Å². The lowest BCUT2D eigenvalue weighted by atomic mass is 10.0. The molecule has 0 aromatic heterocycles. The molecule has 1 aliphatic rings. The van der Waals surface area contributed by atoms with E-state index in [9.17, 15) is 5.11 Å². The Morgan fingerprint density at radius 3 is 3.00 bits per heavy atom. The van der Waals surface area contributed by atoms with Crippen LogP contribution in [0.3, 0.4) is 0 Å². The molecule has 1 heterocycles.